The second kappa shape index (κ2) is 12.7. The van der Waals surface area contributed by atoms with E-state index in [9.17, 15) is 18.0 Å². The monoisotopic (exact) mass is 557 g/mol. The molecule has 0 aliphatic carbocycles. The van der Waals surface area contributed by atoms with Crippen LogP contribution < -0.4 is 31.5 Å². The van der Waals surface area contributed by atoms with E-state index in [1.807, 2.05) is 19.0 Å². The molecule has 0 spiro atoms. The number of nitrogens with one attached hydrogen (secondary N) is 1. The second-order valence-corrected chi connectivity index (χ2v) is 9.52. The van der Waals surface area contributed by atoms with Crippen molar-refractivity contribution < 1.29 is 22.7 Å². The van der Waals surface area contributed by atoms with E-state index in [1.54, 1.807) is 38.4 Å². The van der Waals surface area contributed by atoms with Crippen LogP contribution in [0.4, 0.5) is 30.2 Å². The molecule has 5 N–H and O–H groups in total. The Hall–Kier alpha value is -4.29. The third-order valence-electron chi connectivity index (χ3n) is 6.16. The number of alkyl halides is 3. The number of pyridine rings is 1. The molecular weight excluding hydrogens is 523 g/mol. The zero-order chi connectivity index (χ0) is 29.6. The van der Waals surface area contributed by atoms with E-state index < -0.39 is 17.6 Å². The third kappa shape index (κ3) is 7.64. The summed E-state index contributed by atoms with van der Waals surface area (Å²) in [5.41, 5.74) is 7.70. The number of hydrogen-bond donors (Lipinski definition) is 3. The molecule has 0 fully saturated rings. The number of carbonyl (C=O) groups is 1. The van der Waals surface area contributed by atoms with Crippen LogP contribution in [0.2, 0.25) is 0 Å². The van der Waals surface area contributed by atoms with Crippen molar-refractivity contribution in [2.24, 2.45) is 11.6 Å². The maximum absolute atomic E-state index is 13.9. The lowest BCUT2D eigenvalue weighted by Crippen LogP contribution is -2.30. The number of aryl methyl sites for hydroxylation is 1. The van der Waals surface area contributed by atoms with Crippen LogP contribution in [-0.2, 0) is 6.18 Å². The molecule has 3 rings (SSSR count). The second-order valence-electron chi connectivity index (χ2n) is 9.52. The van der Waals surface area contributed by atoms with Gasteiger partial charge in [-0.25, -0.2) is 5.84 Å². The molecule has 3 aromatic rings. The predicted octanol–water partition coefficient (Wildman–Crippen LogP) is 4.30. The Bertz CT molecular complexity index is 1380. The van der Waals surface area contributed by atoms with E-state index >= 15 is 0 Å². The molecule has 0 atom stereocenters. The molecule has 2 aromatic carbocycles. The normalized spacial score (nSPS) is 11.9. The van der Waals surface area contributed by atoms with Gasteiger partial charge < -0.3 is 25.6 Å². The molecule has 0 unspecified atom stereocenters. The van der Waals surface area contributed by atoms with Crippen LogP contribution in [0.15, 0.2) is 61.1 Å². The summed E-state index contributed by atoms with van der Waals surface area (Å²) in [6.45, 7) is 2.78. The quantitative estimate of drug-likeness (QED) is 0.250. The summed E-state index contributed by atoms with van der Waals surface area (Å²) < 4.78 is 46.9. The van der Waals surface area contributed by atoms with E-state index in [-0.39, 0.29) is 16.9 Å². The lowest BCUT2D eigenvalue weighted by Gasteiger charge is -2.25. The fourth-order valence-corrected chi connectivity index (χ4v) is 3.86. The number of aromatic nitrogens is 1. The van der Waals surface area contributed by atoms with Gasteiger partial charge in [0.25, 0.3) is 5.91 Å². The molecule has 0 aliphatic rings. The number of hydrazine groups is 1. The fourth-order valence-electron chi connectivity index (χ4n) is 3.86. The first kappa shape index (κ1) is 30.3. The molecule has 0 saturated carbocycles. The number of methoxy groups -OCH3 is 1. The van der Waals surface area contributed by atoms with Gasteiger partial charge in [-0.05, 0) is 63.0 Å². The number of likely N-dealkylation sites (N-methyl/N-ethyl adjacent to an activating group) is 2. The molecule has 0 radical (unpaired) electrons. The molecule has 0 saturated heterocycles. The zero-order valence-electron chi connectivity index (χ0n) is 23.1. The van der Waals surface area contributed by atoms with Crippen molar-refractivity contribution >= 4 is 28.7 Å². The Morgan fingerprint density at radius 1 is 1.02 bits per heavy atom. The molecule has 1 amide bonds. The first-order valence-electron chi connectivity index (χ1n) is 12.3. The smallest absolute Gasteiger partial charge is 0.418 e. The standard InChI is InChI=1S/C28H34F3N7O2/c1-18-6-7-19(13-26(18)38(33)17-24(32)20-12-22(40-5)16-34-15-20)27(39)35-21-8-9-25(23(14-21)28(29,30)31)37(4)11-10-36(2)3/h6-9,12-17H,10-11,32-33H2,1-5H3,(H,35,39)/b24-17-. The number of rotatable bonds is 10. The number of anilines is 3. The summed E-state index contributed by atoms with van der Waals surface area (Å²) in [6, 6.07) is 10.2. The van der Waals surface area contributed by atoms with Gasteiger partial charge in [0.2, 0.25) is 0 Å². The average molecular weight is 558 g/mol. The van der Waals surface area contributed by atoms with Gasteiger partial charge in [0.05, 0.1) is 30.3 Å². The van der Waals surface area contributed by atoms with E-state index in [0.717, 1.165) is 11.6 Å². The molecule has 40 heavy (non-hydrogen) atoms. The maximum atomic E-state index is 13.9. The fraction of sp³-hybridized carbons (Fsp3) is 0.286. The van der Waals surface area contributed by atoms with Gasteiger partial charge in [0.15, 0.2) is 0 Å². The molecule has 0 bridgehead atoms. The summed E-state index contributed by atoms with van der Waals surface area (Å²) in [4.78, 5) is 20.5. The minimum atomic E-state index is -4.61. The molecule has 214 valence electrons. The van der Waals surface area contributed by atoms with Gasteiger partial charge in [-0.3, -0.25) is 14.8 Å². The van der Waals surface area contributed by atoms with Crippen LogP contribution in [0.5, 0.6) is 5.75 Å². The predicted molar refractivity (Wildman–Crippen MR) is 152 cm³/mol. The van der Waals surface area contributed by atoms with Crippen molar-refractivity contribution in [2.75, 3.05) is 56.6 Å². The van der Waals surface area contributed by atoms with Crippen LogP contribution in [0.25, 0.3) is 5.70 Å². The minimum absolute atomic E-state index is 0.0171. The van der Waals surface area contributed by atoms with Crippen LogP contribution in [-0.4, -0.2) is 57.1 Å². The number of carbonyl (C=O) groups excluding carboxylic acids is 1. The van der Waals surface area contributed by atoms with Gasteiger partial charge in [-0.2, -0.15) is 13.2 Å². The number of benzene rings is 2. The van der Waals surface area contributed by atoms with Gasteiger partial charge in [-0.1, -0.05) is 6.07 Å². The van der Waals surface area contributed by atoms with Crippen molar-refractivity contribution in [3.63, 3.8) is 0 Å². The summed E-state index contributed by atoms with van der Waals surface area (Å²) in [7, 11) is 6.81. The molecule has 1 aromatic heterocycles. The zero-order valence-corrected chi connectivity index (χ0v) is 23.1. The number of halogens is 3. The number of hydrogen-bond acceptors (Lipinski definition) is 8. The average Bonchev–Trinajstić information content (AvgIpc) is 2.91. The Morgan fingerprint density at radius 2 is 1.75 bits per heavy atom. The van der Waals surface area contributed by atoms with Crippen LogP contribution in [0.3, 0.4) is 0 Å². The van der Waals surface area contributed by atoms with E-state index in [2.05, 4.69) is 10.3 Å². The van der Waals surface area contributed by atoms with Crippen molar-refractivity contribution in [2.45, 2.75) is 13.1 Å². The van der Waals surface area contributed by atoms with Crippen molar-refractivity contribution in [1.82, 2.24) is 9.88 Å². The molecule has 0 aliphatic heterocycles. The van der Waals surface area contributed by atoms with Gasteiger partial charge >= 0.3 is 6.18 Å². The van der Waals surface area contributed by atoms with Crippen molar-refractivity contribution in [1.29, 1.82) is 0 Å². The molecule has 12 heteroatoms. The van der Waals surface area contributed by atoms with Gasteiger partial charge in [0.1, 0.15) is 5.75 Å². The molecule has 9 nitrogen and oxygen atoms in total. The summed E-state index contributed by atoms with van der Waals surface area (Å²) >= 11 is 0. The topological polar surface area (TPSA) is 113 Å². The Kier molecular flexibility index (Phi) is 9.61. The van der Waals surface area contributed by atoms with Crippen LogP contribution in [0, 0.1) is 6.92 Å². The highest BCUT2D eigenvalue weighted by atomic mass is 19.4. The Morgan fingerprint density at radius 3 is 2.40 bits per heavy atom. The Labute approximate surface area is 231 Å². The van der Waals surface area contributed by atoms with E-state index in [1.165, 1.54) is 47.6 Å². The number of amides is 1. The van der Waals surface area contributed by atoms with E-state index in [0.29, 0.717) is 35.8 Å². The highest BCUT2D eigenvalue weighted by molar-refractivity contribution is 6.05. The largest absolute Gasteiger partial charge is 0.495 e. The number of nitrogens with zero attached hydrogens (tertiary/aromatic N) is 4. The van der Waals surface area contributed by atoms with Gasteiger partial charge in [-0.15, -0.1) is 0 Å². The summed E-state index contributed by atoms with van der Waals surface area (Å²) in [5, 5.41) is 3.83. The minimum Gasteiger partial charge on any atom is -0.495 e. The first-order valence-corrected chi connectivity index (χ1v) is 12.3. The lowest BCUT2D eigenvalue weighted by molar-refractivity contribution is -0.137. The number of nitrogens with two attached hydrogens (primary N) is 2. The van der Waals surface area contributed by atoms with Crippen molar-refractivity contribution in [3.8, 4) is 5.75 Å². The van der Waals surface area contributed by atoms with Crippen LogP contribution in [0.1, 0.15) is 27.0 Å². The van der Waals surface area contributed by atoms with Crippen LogP contribution >= 0.6 is 0 Å². The maximum Gasteiger partial charge on any atom is 0.418 e. The third-order valence-corrected chi connectivity index (χ3v) is 6.16. The van der Waals surface area contributed by atoms with Gasteiger partial charge in [0, 0.05) is 55.0 Å². The Balaban J connectivity index is 1.84. The highest BCUT2D eigenvalue weighted by Crippen LogP contribution is 2.38. The highest BCUT2D eigenvalue weighted by Gasteiger charge is 2.35. The summed E-state index contributed by atoms with van der Waals surface area (Å²) in [5.74, 6) is 6.17. The number of ether oxygens (including phenoxy) is 1. The molecule has 1 heterocycles. The molecular formula is C28H34F3N7O2. The lowest BCUT2D eigenvalue weighted by atomic mass is 10.1. The summed E-state index contributed by atoms with van der Waals surface area (Å²) in [6.07, 6.45) is -0.0387. The first-order chi connectivity index (χ1) is 18.8. The van der Waals surface area contributed by atoms with E-state index in [4.69, 9.17) is 16.3 Å². The van der Waals surface area contributed by atoms with Crippen molar-refractivity contribution in [3.05, 3.63) is 83.3 Å². The SMILES string of the molecule is COc1cncc(/C(N)=C/N(N)c2cc(C(=O)Nc3ccc(N(C)CCN(C)C)c(C(F)(F)F)c3)ccc2C)c1.